The van der Waals surface area contributed by atoms with Gasteiger partial charge >= 0.3 is 0 Å². The lowest BCUT2D eigenvalue weighted by Gasteiger charge is -2.11. The Kier molecular flexibility index (Phi) is 7.83. The topological polar surface area (TPSA) is 51.6 Å². The second-order valence-corrected chi connectivity index (χ2v) is 15.9. The molecule has 0 aliphatic heterocycles. The van der Waals surface area contributed by atoms with Crippen molar-refractivity contribution in [2.75, 3.05) is 0 Å². The quantitative estimate of drug-likeness (QED) is 0.170. The summed E-state index contributed by atoms with van der Waals surface area (Å²) in [6, 6.07) is 63.8. The summed E-state index contributed by atoms with van der Waals surface area (Å²) in [5.41, 5.74) is 9.54. The van der Waals surface area contributed by atoms with Crippen LogP contribution in [0.15, 0.2) is 182 Å². The molecule has 0 aliphatic carbocycles. The van der Waals surface area contributed by atoms with Gasteiger partial charge in [0.25, 0.3) is 0 Å². The lowest BCUT2D eigenvalue weighted by molar-refractivity contribution is 1.07. The predicted molar refractivity (Wildman–Crippen MR) is 236 cm³/mol. The van der Waals surface area contributed by atoms with E-state index in [1.807, 2.05) is 41.7 Å². The molecular formula is C50H30N4S2. The number of hydrogen-bond donors (Lipinski definition) is 0. The number of thiophene rings is 1. The molecule has 11 aromatic rings. The molecule has 0 atom stereocenters. The molecule has 4 nitrogen and oxygen atoms in total. The highest BCUT2D eigenvalue weighted by Gasteiger charge is 2.20. The van der Waals surface area contributed by atoms with Crippen molar-refractivity contribution < 1.29 is 0 Å². The van der Waals surface area contributed by atoms with Crippen LogP contribution in [0.5, 0.6) is 0 Å². The largest absolute Gasteiger partial charge is 0.235 e. The van der Waals surface area contributed by atoms with Gasteiger partial charge in [-0.05, 0) is 51.7 Å². The highest BCUT2D eigenvalue weighted by molar-refractivity contribution is 7.26. The average Bonchev–Trinajstić information content (AvgIpc) is 3.89. The lowest BCUT2D eigenvalue weighted by Crippen LogP contribution is -2.00. The number of nitrogens with zero attached hydrogens (tertiary/aromatic N) is 4. The van der Waals surface area contributed by atoms with Crippen LogP contribution in [-0.4, -0.2) is 19.9 Å². The summed E-state index contributed by atoms with van der Waals surface area (Å²) >= 11 is 3.57. The van der Waals surface area contributed by atoms with Gasteiger partial charge in [-0.3, -0.25) is 0 Å². The minimum absolute atomic E-state index is 0.628. The van der Waals surface area contributed by atoms with Crippen LogP contribution in [0.3, 0.4) is 0 Å². The van der Waals surface area contributed by atoms with Crippen LogP contribution in [0.2, 0.25) is 0 Å². The Hall–Kier alpha value is -6.86. The smallest absolute Gasteiger partial charge is 0.164 e. The maximum Gasteiger partial charge on any atom is 0.164 e. The van der Waals surface area contributed by atoms with Gasteiger partial charge in [-0.15, -0.1) is 22.7 Å². The molecule has 0 unspecified atom stereocenters. The molecule has 8 aromatic carbocycles. The van der Waals surface area contributed by atoms with E-state index in [4.69, 9.17) is 19.9 Å². The first kappa shape index (κ1) is 32.6. The molecule has 0 bridgehead atoms. The molecule has 0 spiro atoms. The summed E-state index contributed by atoms with van der Waals surface area (Å²) in [5, 5.41) is 5.95. The Labute approximate surface area is 331 Å². The third-order valence-corrected chi connectivity index (χ3v) is 12.6. The first-order valence-electron chi connectivity index (χ1n) is 18.5. The van der Waals surface area contributed by atoms with Crippen LogP contribution in [-0.2, 0) is 0 Å². The number of rotatable bonds is 6. The van der Waals surface area contributed by atoms with Gasteiger partial charge in [-0.25, -0.2) is 19.9 Å². The van der Waals surface area contributed by atoms with Crippen molar-refractivity contribution in [1.82, 2.24) is 19.9 Å². The maximum atomic E-state index is 5.32. The van der Waals surface area contributed by atoms with Gasteiger partial charge in [0.05, 0.1) is 10.2 Å². The Balaban J connectivity index is 1.04. The summed E-state index contributed by atoms with van der Waals surface area (Å²) < 4.78 is 3.66. The first-order chi connectivity index (χ1) is 27.7. The van der Waals surface area contributed by atoms with Crippen molar-refractivity contribution in [3.8, 4) is 67.0 Å². The van der Waals surface area contributed by atoms with E-state index in [-0.39, 0.29) is 0 Å². The zero-order chi connectivity index (χ0) is 37.0. The number of hydrogen-bond acceptors (Lipinski definition) is 6. The number of thiazole rings is 1. The first-order valence-corrected chi connectivity index (χ1v) is 20.2. The van der Waals surface area contributed by atoms with Crippen molar-refractivity contribution in [1.29, 1.82) is 0 Å². The maximum absolute atomic E-state index is 5.32. The lowest BCUT2D eigenvalue weighted by atomic mass is 10.00. The average molecular weight is 751 g/mol. The summed E-state index contributed by atoms with van der Waals surface area (Å²) in [6.45, 7) is 0. The van der Waals surface area contributed by atoms with Gasteiger partial charge in [0.2, 0.25) is 0 Å². The Bertz CT molecular complexity index is 3240. The fraction of sp³-hybridized carbons (Fsp3) is 0. The minimum atomic E-state index is 0.628. The molecule has 3 aromatic heterocycles. The fourth-order valence-corrected chi connectivity index (χ4v) is 9.82. The normalized spacial score (nSPS) is 11.6. The van der Waals surface area contributed by atoms with E-state index >= 15 is 0 Å². The van der Waals surface area contributed by atoms with Gasteiger partial charge in [0, 0.05) is 48.0 Å². The summed E-state index contributed by atoms with van der Waals surface area (Å²) in [6.07, 6.45) is 0. The number of fused-ring (bicyclic) bond motifs is 6. The molecular weight excluding hydrogens is 721 g/mol. The molecule has 0 amide bonds. The van der Waals surface area contributed by atoms with Crippen LogP contribution in [0.4, 0.5) is 0 Å². The van der Waals surface area contributed by atoms with E-state index in [2.05, 4.69) is 152 Å². The van der Waals surface area contributed by atoms with Gasteiger partial charge < -0.3 is 0 Å². The fourth-order valence-electron chi connectivity index (χ4n) is 7.55. The van der Waals surface area contributed by atoms with Crippen LogP contribution >= 0.6 is 22.7 Å². The molecule has 6 heteroatoms. The van der Waals surface area contributed by atoms with Crippen LogP contribution in [0.1, 0.15) is 0 Å². The van der Waals surface area contributed by atoms with Crippen molar-refractivity contribution in [3.63, 3.8) is 0 Å². The van der Waals surface area contributed by atoms with Crippen molar-refractivity contribution in [2.24, 2.45) is 0 Å². The Morgan fingerprint density at radius 3 is 1.71 bits per heavy atom. The molecule has 0 radical (unpaired) electrons. The molecule has 11 rings (SSSR count). The van der Waals surface area contributed by atoms with E-state index in [1.54, 1.807) is 11.3 Å². The van der Waals surface area contributed by atoms with Gasteiger partial charge in [-0.2, -0.15) is 0 Å². The van der Waals surface area contributed by atoms with Crippen molar-refractivity contribution >= 4 is 63.8 Å². The summed E-state index contributed by atoms with van der Waals surface area (Å²) in [4.78, 5) is 20.6. The highest BCUT2D eigenvalue weighted by Crippen LogP contribution is 2.46. The van der Waals surface area contributed by atoms with E-state index in [0.717, 1.165) is 49.5 Å². The monoisotopic (exact) mass is 750 g/mol. The molecule has 3 heterocycles. The third-order valence-electron chi connectivity index (χ3n) is 10.4. The zero-order valence-corrected chi connectivity index (χ0v) is 31.6. The second-order valence-electron chi connectivity index (χ2n) is 13.9. The molecule has 0 N–H and O–H groups in total. The molecule has 0 saturated heterocycles. The summed E-state index contributed by atoms with van der Waals surface area (Å²) in [5.74, 6) is 1.90. The third kappa shape index (κ3) is 5.75. The van der Waals surface area contributed by atoms with E-state index < -0.39 is 0 Å². The van der Waals surface area contributed by atoms with Gasteiger partial charge in [0.1, 0.15) is 5.01 Å². The Morgan fingerprint density at radius 1 is 0.339 bits per heavy atom. The molecule has 56 heavy (non-hydrogen) atoms. The second kappa shape index (κ2) is 13.5. The van der Waals surface area contributed by atoms with Crippen molar-refractivity contribution in [3.05, 3.63) is 182 Å². The molecule has 0 aliphatic rings. The summed E-state index contributed by atoms with van der Waals surface area (Å²) in [7, 11) is 0. The SMILES string of the molecule is c1ccc(-c2nc(-c3ccc(-c4ccc5ccccc5c4)cc3)nc(-c3cccc(-c4cc5sc6ccccc6c5c5nc(-c6ccccc6)sc45)c3)n2)cc1. The van der Waals surface area contributed by atoms with E-state index in [0.29, 0.717) is 17.5 Å². The number of benzene rings is 8. The molecule has 0 saturated carbocycles. The Morgan fingerprint density at radius 2 is 0.929 bits per heavy atom. The minimum Gasteiger partial charge on any atom is -0.235 e. The van der Waals surface area contributed by atoms with Gasteiger partial charge in [0.15, 0.2) is 17.5 Å². The van der Waals surface area contributed by atoms with Crippen LogP contribution < -0.4 is 0 Å². The zero-order valence-electron chi connectivity index (χ0n) is 29.9. The van der Waals surface area contributed by atoms with Crippen LogP contribution in [0.25, 0.3) is 108 Å². The van der Waals surface area contributed by atoms with Crippen molar-refractivity contribution in [2.45, 2.75) is 0 Å². The highest BCUT2D eigenvalue weighted by atomic mass is 32.1. The number of aromatic nitrogens is 4. The standard InChI is InChI=1S/C50H30N4S2/c1-3-13-33(14-4-1)47-52-48(34-25-22-32(23-26-34)37-27-24-31-12-7-8-17-36(31)28-37)54-49(53-47)39-19-11-18-38(29-39)41-30-43-44(40-20-9-10-21-42(40)55-43)45-46(41)56-50(51-45)35-15-5-2-6-16-35/h1-30H. The predicted octanol–water partition coefficient (Wildman–Crippen LogP) is 14.0. The van der Waals surface area contributed by atoms with E-state index in [9.17, 15) is 0 Å². The van der Waals surface area contributed by atoms with Crippen LogP contribution in [0, 0.1) is 0 Å². The van der Waals surface area contributed by atoms with E-state index in [1.165, 1.54) is 41.2 Å². The van der Waals surface area contributed by atoms with Gasteiger partial charge in [-0.1, -0.05) is 158 Å². The molecule has 0 fully saturated rings. The molecule has 262 valence electrons.